The zero-order chi connectivity index (χ0) is 20.1. The number of piperazine rings is 1. The van der Waals surface area contributed by atoms with Crippen LogP contribution >= 0.6 is 0 Å². The van der Waals surface area contributed by atoms with E-state index in [-0.39, 0.29) is 17.7 Å². The lowest BCUT2D eigenvalue weighted by molar-refractivity contribution is -0.180. The molecule has 0 aliphatic carbocycles. The number of carbonyl (C=O) groups is 3. The summed E-state index contributed by atoms with van der Waals surface area (Å²) in [6, 6.07) is -0.401. The number of β-amino-alcohol motifs (C(OH)–C–C–N with tert-alkyl or cyclic N) is 1. The Morgan fingerprint density at radius 2 is 1.93 bits per heavy atom. The smallest absolute Gasteiger partial charge is 0.252 e. The van der Waals surface area contributed by atoms with Crippen LogP contribution in [0.15, 0.2) is 0 Å². The van der Waals surface area contributed by atoms with Crippen molar-refractivity contribution in [2.24, 2.45) is 5.92 Å². The van der Waals surface area contributed by atoms with Crippen molar-refractivity contribution in [2.75, 3.05) is 45.8 Å². The highest BCUT2D eigenvalue weighted by molar-refractivity contribution is 6.06. The molecule has 4 saturated heterocycles. The summed E-state index contributed by atoms with van der Waals surface area (Å²) in [5.74, 6) is 0.394. The molecule has 4 aliphatic rings. The number of rotatable bonds is 6. The highest BCUT2D eigenvalue weighted by Crippen LogP contribution is 2.40. The van der Waals surface area contributed by atoms with Crippen LogP contribution in [0.5, 0.6) is 0 Å². The Morgan fingerprint density at radius 3 is 2.57 bits per heavy atom. The first kappa shape index (κ1) is 19.8. The van der Waals surface area contributed by atoms with Crippen molar-refractivity contribution >= 4 is 17.7 Å². The topological polar surface area (TPSA) is 84.4 Å². The molecule has 0 unspecified atom stereocenters. The third kappa shape index (κ3) is 3.25. The van der Waals surface area contributed by atoms with Gasteiger partial charge in [-0.1, -0.05) is 13.8 Å². The molecule has 8 heteroatoms. The summed E-state index contributed by atoms with van der Waals surface area (Å²) >= 11 is 0. The number of likely N-dealkylation sites (tertiary alicyclic amines) is 2. The monoisotopic (exact) mass is 392 g/mol. The first-order valence-corrected chi connectivity index (χ1v) is 10.6. The van der Waals surface area contributed by atoms with E-state index in [2.05, 4.69) is 18.7 Å². The summed E-state index contributed by atoms with van der Waals surface area (Å²) in [6.45, 7) is 8.62. The van der Waals surface area contributed by atoms with Crippen LogP contribution < -0.4 is 0 Å². The van der Waals surface area contributed by atoms with Gasteiger partial charge >= 0.3 is 0 Å². The summed E-state index contributed by atoms with van der Waals surface area (Å²) < 4.78 is 0. The Morgan fingerprint density at radius 1 is 1.18 bits per heavy atom. The van der Waals surface area contributed by atoms with Crippen LogP contribution in [0.25, 0.3) is 0 Å². The Labute approximate surface area is 166 Å². The minimum absolute atomic E-state index is 0.115. The van der Waals surface area contributed by atoms with Gasteiger partial charge in [0.15, 0.2) is 0 Å². The van der Waals surface area contributed by atoms with Crippen molar-refractivity contribution in [2.45, 2.75) is 57.2 Å². The van der Waals surface area contributed by atoms with Crippen LogP contribution in [0, 0.1) is 5.92 Å². The SMILES string of the molecule is CC(C)CN1CC2(C1)C(=O)N(CCCN1CCCC1=O)C(=O)[C@@H]1C[C@@H](O)CN12. The average Bonchev–Trinajstić information content (AvgIpc) is 3.18. The Balaban J connectivity index is 1.45. The molecule has 0 saturated carbocycles. The zero-order valence-corrected chi connectivity index (χ0v) is 17.0. The van der Waals surface area contributed by atoms with Gasteiger partial charge in [0.1, 0.15) is 5.54 Å². The van der Waals surface area contributed by atoms with E-state index >= 15 is 0 Å². The standard InChI is InChI=1S/C20H32N4O4/c1-14(2)10-21-12-20(13-21)19(28)23(8-4-7-22-6-3-5-17(22)26)18(27)16-9-15(25)11-24(16)20/h14-16,25H,3-13H2,1-2H3/t15-,16+/m1/s1. The summed E-state index contributed by atoms with van der Waals surface area (Å²) in [6.07, 6.45) is 1.96. The second-order valence-electron chi connectivity index (χ2n) is 9.29. The molecule has 4 rings (SSSR count). The van der Waals surface area contributed by atoms with Crippen molar-refractivity contribution < 1.29 is 19.5 Å². The molecule has 0 aromatic heterocycles. The molecule has 4 fully saturated rings. The summed E-state index contributed by atoms with van der Waals surface area (Å²) in [5.41, 5.74) is -0.672. The van der Waals surface area contributed by atoms with Crippen LogP contribution in [-0.4, -0.2) is 106 Å². The molecule has 1 N–H and O–H groups in total. The van der Waals surface area contributed by atoms with Crippen molar-refractivity contribution in [1.82, 2.24) is 19.6 Å². The summed E-state index contributed by atoms with van der Waals surface area (Å²) in [5, 5.41) is 10.2. The fourth-order valence-corrected chi connectivity index (χ4v) is 5.40. The number of hydrogen-bond acceptors (Lipinski definition) is 6. The molecule has 2 atom stereocenters. The number of carbonyl (C=O) groups excluding carboxylic acids is 3. The van der Waals surface area contributed by atoms with Crippen molar-refractivity contribution in [3.8, 4) is 0 Å². The van der Waals surface area contributed by atoms with Gasteiger partial charge < -0.3 is 10.0 Å². The highest BCUT2D eigenvalue weighted by Gasteiger charge is 2.63. The van der Waals surface area contributed by atoms with E-state index in [4.69, 9.17) is 0 Å². The first-order chi connectivity index (χ1) is 13.3. The van der Waals surface area contributed by atoms with Gasteiger partial charge in [-0.15, -0.1) is 0 Å². The van der Waals surface area contributed by atoms with Gasteiger partial charge in [0, 0.05) is 52.2 Å². The maximum Gasteiger partial charge on any atom is 0.252 e. The molecule has 0 aromatic carbocycles. The Hall–Kier alpha value is -1.51. The normalized spacial score (nSPS) is 30.6. The second-order valence-corrected chi connectivity index (χ2v) is 9.29. The molecule has 4 aliphatic heterocycles. The van der Waals surface area contributed by atoms with Crippen LogP contribution in [0.2, 0.25) is 0 Å². The van der Waals surface area contributed by atoms with E-state index in [0.29, 0.717) is 57.9 Å². The molecule has 0 radical (unpaired) electrons. The number of nitrogens with zero attached hydrogens (tertiary/aromatic N) is 4. The van der Waals surface area contributed by atoms with Gasteiger partial charge in [-0.25, -0.2) is 0 Å². The molecular weight excluding hydrogens is 360 g/mol. The number of aliphatic hydroxyl groups excluding tert-OH is 1. The van der Waals surface area contributed by atoms with Gasteiger partial charge in [0.2, 0.25) is 11.8 Å². The number of hydrogen-bond donors (Lipinski definition) is 1. The molecule has 0 bridgehead atoms. The second kappa shape index (κ2) is 7.39. The molecular formula is C20H32N4O4. The first-order valence-electron chi connectivity index (χ1n) is 10.6. The largest absolute Gasteiger partial charge is 0.392 e. The van der Waals surface area contributed by atoms with E-state index in [1.54, 1.807) is 0 Å². The van der Waals surface area contributed by atoms with Crippen molar-refractivity contribution in [3.63, 3.8) is 0 Å². The van der Waals surface area contributed by atoms with Crippen LogP contribution in [0.4, 0.5) is 0 Å². The molecule has 0 aromatic rings. The lowest BCUT2D eigenvalue weighted by Gasteiger charge is -2.59. The van der Waals surface area contributed by atoms with Gasteiger partial charge in [-0.05, 0) is 25.2 Å². The fourth-order valence-electron chi connectivity index (χ4n) is 5.40. The van der Waals surface area contributed by atoms with E-state index in [0.717, 1.165) is 19.5 Å². The minimum atomic E-state index is -0.672. The van der Waals surface area contributed by atoms with Crippen LogP contribution in [0.3, 0.4) is 0 Å². The number of aliphatic hydroxyl groups is 1. The third-order valence-electron chi connectivity index (χ3n) is 6.60. The number of fused-ring (bicyclic) bond motifs is 2. The van der Waals surface area contributed by atoms with Crippen LogP contribution in [0.1, 0.15) is 39.5 Å². The van der Waals surface area contributed by atoms with Crippen molar-refractivity contribution in [3.05, 3.63) is 0 Å². The lowest BCUT2D eigenvalue weighted by atomic mass is 9.82. The molecule has 8 nitrogen and oxygen atoms in total. The predicted molar refractivity (Wildman–Crippen MR) is 102 cm³/mol. The van der Waals surface area contributed by atoms with E-state index in [1.165, 1.54) is 4.90 Å². The molecule has 4 heterocycles. The minimum Gasteiger partial charge on any atom is -0.392 e. The maximum atomic E-state index is 13.4. The predicted octanol–water partition coefficient (Wildman–Crippen LogP) is -0.487. The van der Waals surface area contributed by atoms with Gasteiger partial charge in [0.05, 0.1) is 12.1 Å². The highest BCUT2D eigenvalue weighted by atomic mass is 16.3. The quantitative estimate of drug-likeness (QED) is 0.615. The maximum absolute atomic E-state index is 13.4. The van der Waals surface area contributed by atoms with Gasteiger partial charge in [0.25, 0.3) is 5.91 Å². The number of amides is 3. The Kier molecular flexibility index (Phi) is 5.22. The van der Waals surface area contributed by atoms with Gasteiger partial charge in [-0.3, -0.25) is 29.1 Å². The Bertz CT molecular complexity index is 661. The molecule has 28 heavy (non-hydrogen) atoms. The zero-order valence-electron chi connectivity index (χ0n) is 17.0. The van der Waals surface area contributed by atoms with E-state index in [1.807, 2.05) is 9.80 Å². The summed E-state index contributed by atoms with van der Waals surface area (Å²) in [7, 11) is 0. The lowest BCUT2D eigenvalue weighted by Crippen LogP contribution is -2.81. The van der Waals surface area contributed by atoms with E-state index < -0.39 is 17.7 Å². The average molecular weight is 393 g/mol. The third-order valence-corrected chi connectivity index (χ3v) is 6.60. The summed E-state index contributed by atoms with van der Waals surface area (Å²) in [4.78, 5) is 45.7. The number of imide groups is 1. The molecule has 156 valence electrons. The van der Waals surface area contributed by atoms with Crippen molar-refractivity contribution in [1.29, 1.82) is 0 Å². The van der Waals surface area contributed by atoms with Gasteiger partial charge in [-0.2, -0.15) is 0 Å². The van der Waals surface area contributed by atoms with E-state index in [9.17, 15) is 19.5 Å². The molecule has 1 spiro atoms. The van der Waals surface area contributed by atoms with Crippen LogP contribution in [-0.2, 0) is 14.4 Å². The fraction of sp³-hybridized carbons (Fsp3) is 0.850. The molecule has 3 amide bonds.